The van der Waals surface area contributed by atoms with Gasteiger partial charge in [0.05, 0.1) is 6.10 Å². The first-order chi connectivity index (χ1) is 8.16. The second kappa shape index (κ2) is 5.27. The van der Waals surface area contributed by atoms with E-state index in [0.29, 0.717) is 11.1 Å². The van der Waals surface area contributed by atoms with Crippen molar-refractivity contribution >= 4 is 5.91 Å². The zero-order valence-corrected chi connectivity index (χ0v) is 9.83. The van der Waals surface area contributed by atoms with E-state index in [9.17, 15) is 9.18 Å². The first-order valence-electron chi connectivity index (χ1n) is 5.89. The van der Waals surface area contributed by atoms with E-state index < -0.39 is 0 Å². The summed E-state index contributed by atoms with van der Waals surface area (Å²) in [6, 6.07) is 4.26. The van der Waals surface area contributed by atoms with Crippen molar-refractivity contribution in [1.82, 2.24) is 5.48 Å². The highest BCUT2D eigenvalue weighted by molar-refractivity contribution is 5.93. The summed E-state index contributed by atoms with van der Waals surface area (Å²) >= 11 is 0. The van der Waals surface area contributed by atoms with Crippen LogP contribution in [0.1, 0.15) is 41.6 Å². The molecule has 1 aromatic carbocycles. The van der Waals surface area contributed by atoms with E-state index in [0.717, 1.165) is 25.7 Å². The predicted molar refractivity (Wildman–Crippen MR) is 61.9 cm³/mol. The Labute approximate surface area is 99.9 Å². The molecule has 4 heteroatoms. The van der Waals surface area contributed by atoms with Gasteiger partial charge in [-0.1, -0.05) is 12.8 Å². The molecule has 0 heterocycles. The summed E-state index contributed by atoms with van der Waals surface area (Å²) in [5, 5.41) is 0. The number of amides is 1. The Hall–Kier alpha value is -1.42. The van der Waals surface area contributed by atoms with E-state index in [4.69, 9.17) is 4.84 Å². The van der Waals surface area contributed by atoms with Crippen molar-refractivity contribution < 1.29 is 14.0 Å². The molecule has 0 atom stereocenters. The molecule has 1 aromatic rings. The minimum Gasteiger partial charge on any atom is -0.270 e. The lowest BCUT2D eigenvalue weighted by molar-refractivity contribution is -0.0124. The van der Waals surface area contributed by atoms with E-state index in [1.165, 1.54) is 18.2 Å². The highest BCUT2D eigenvalue weighted by Gasteiger charge is 2.17. The number of carbonyl (C=O) groups is 1. The molecule has 1 N–H and O–H groups in total. The van der Waals surface area contributed by atoms with Crippen LogP contribution in [0.15, 0.2) is 18.2 Å². The quantitative estimate of drug-likeness (QED) is 0.821. The summed E-state index contributed by atoms with van der Waals surface area (Å²) in [5.41, 5.74) is 3.30. The van der Waals surface area contributed by atoms with Crippen LogP contribution >= 0.6 is 0 Å². The average molecular weight is 237 g/mol. The first kappa shape index (κ1) is 12.0. The Balaban J connectivity index is 1.92. The molecule has 0 aromatic heterocycles. The van der Waals surface area contributed by atoms with E-state index in [1.807, 2.05) is 0 Å². The number of nitrogens with one attached hydrogen (secondary N) is 1. The van der Waals surface area contributed by atoms with Gasteiger partial charge in [-0.2, -0.15) is 0 Å². The molecule has 0 spiro atoms. The molecule has 0 saturated heterocycles. The fraction of sp³-hybridized carbons (Fsp3) is 0.462. The van der Waals surface area contributed by atoms with E-state index in [-0.39, 0.29) is 17.8 Å². The molecule has 2 rings (SSSR count). The fourth-order valence-corrected chi connectivity index (χ4v) is 1.99. The van der Waals surface area contributed by atoms with E-state index in [1.54, 1.807) is 6.92 Å². The van der Waals surface area contributed by atoms with Crippen LogP contribution in [0.3, 0.4) is 0 Å². The molecule has 0 bridgehead atoms. The molecular weight excluding hydrogens is 221 g/mol. The smallest absolute Gasteiger partial charge is 0.270 e. The van der Waals surface area contributed by atoms with E-state index >= 15 is 0 Å². The Morgan fingerprint density at radius 2 is 2.12 bits per heavy atom. The topological polar surface area (TPSA) is 38.3 Å². The number of halogens is 1. The van der Waals surface area contributed by atoms with Gasteiger partial charge in [0, 0.05) is 5.56 Å². The van der Waals surface area contributed by atoms with Crippen LogP contribution in [-0.4, -0.2) is 12.0 Å². The normalized spacial score (nSPS) is 16.1. The Kier molecular flexibility index (Phi) is 3.74. The van der Waals surface area contributed by atoms with Crippen LogP contribution in [-0.2, 0) is 4.84 Å². The lowest BCUT2D eigenvalue weighted by atomic mass is 10.1. The number of hydroxylamine groups is 1. The number of aryl methyl sites for hydroxylation is 1. The molecule has 17 heavy (non-hydrogen) atoms. The summed E-state index contributed by atoms with van der Waals surface area (Å²) in [6.45, 7) is 1.63. The van der Waals surface area contributed by atoms with E-state index in [2.05, 4.69) is 5.48 Å². The molecule has 92 valence electrons. The molecule has 1 saturated carbocycles. The Morgan fingerprint density at radius 3 is 2.76 bits per heavy atom. The van der Waals surface area contributed by atoms with Gasteiger partial charge in [-0.3, -0.25) is 9.63 Å². The number of benzene rings is 1. The zero-order valence-electron chi connectivity index (χ0n) is 9.83. The van der Waals surface area contributed by atoms with Crippen LogP contribution in [0.2, 0.25) is 0 Å². The summed E-state index contributed by atoms with van der Waals surface area (Å²) in [5.74, 6) is -0.627. The van der Waals surface area contributed by atoms with Crippen LogP contribution in [0, 0.1) is 12.7 Å². The summed E-state index contributed by atoms with van der Waals surface area (Å²) in [4.78, 5) is 17.0. The zero-order chi connectivity index (χ0) is 12.3. The lowest BCUT2D eigenvalue weighted by Gasteiger charge is -2.11. The molecule has 3 nitrogen and oxygen atoms in total. The van der Waals surface area contributed by atoms with Crippen LogP contribution < -0.4 is 5.48 Å². The maximum absolute atomic E-state index is 13.0. The molecule has 1 fully saturated rings. The molecule has 1 aliphatic carbocycles. The second-order valence-corrected chi connectivity index (χ2v) is 4.42. The van der Waals surface area contributed by atoms with Crippen LogP contribution in [0.5, 0.6) is 0 Å². The van der Waals surface area contributed by atoms with Crippen LogP contribution in [0.25, 0.3) is 0 Å². The van der Waals surface area contributed by atoms with Gasteiger partial charge in [-0.05, 0) is 43.5 Å². The van der Waals surface area contributed by atoms with Crippen molar-refractivity contribution in [3.63, 3.8) is 0 Å². The van der Waals surface area contributed by atoms with Gasteiger partial charge in [0.1, 0.15) is 5.82 Å². The van der Waals surface area contributed by atoms with Crippen molar-refractivity contribution in [3.05, 3.63) is 35.1 Å². The molecule has 0 unspecified atom stereocenters. The fourth-order valence-electron chi connectivity index (χ4n) is 1.99. The maximum atomic E-state index is 13.0. The standard InChI is InChI=1S/C13H16FNO2/c1-9-8-10(6-7-12(9)14)13(16)15-17-11-4-2-3-5-11/h6-8,11H,2-5H2,1H3,(H,15,16). The van der Waals surface area contributed by atoms with Gasteiger partial charge in [0.2, 0.25) is 0 Å². The Bertz CT molecular complexity index is 414. The number of hydrogen-bond donors (Lipinski definition) is 1. The van der Waals surface area contributed by atoms with Gasteiger partial charge < -0.3 is 0 Å². The Morgan fingerprint density at radius 1 is 1.41 bits per heavy atom. The third-order valence-corrected chi connectivity index (χ3v) is 3.04. The lowest BCUT2D eigenvalue weighted by Crippen LogP contribution is -2.28. The summed E-state index contributed by atoms with van der Waals surface area (Å²) < 4.78 is 13.0. The number of rotatable bonds is 3. The van der Waals surface area contributed by atoms with Gasteiger partial charge in [0.15, 0.2) is 0 Å². The van der Waals surface area contributed by atoms with Gasteiger partial charge in [0.25, 0.3) is 5.91 Å². The van der Waals surface area contributed by atoms with Gasteiger partial charge >= 0.3 is 0 Å². The first-order valence-corrected chi connectivity index (χ1v) is 5.89. The highest BCUT2D eigenvalue weighted by Crippen LogP contribution is 2.20. The summed E-state index contributed by atoms with van der Waals surface area (Å²) in [6.07, 6.45) is 4.40. The predicted octanol–water partition coefficient (Wildman–Crippen LogP) is 2.74. The summed E-state index contributed by atoms with van der Waals surface area (Å²) in [7, 11) is 0. The minimum atomic E-state index is -0.319. The molecule has 0 radical (unpaired) electrons. The van der Waals surface area contributed by atoms with Crippen LogP contribution in [0.4, 0.5) is 4.39 Å². The molecular formula is C13H16FNO2. The number of hydrogen-bond acceptors (Lipinski definition) is 2. The van der Waals surface area contributed by atoms with Gasteiger partial charge in [-0.15, -0.1) is 0 Å². The molecule has 1 amide bonds. The second-order valence-electron chi connectivity index (χ2n) is 4.42. The molecule has 1 aliphatic rings. The third-order valence-electron chi connectivity index (χ3n) is 3.04. The van der Waals surface area contributed by atoms with Crippen molar-refractivity contribution in [2.45, 2.75) is 38.7 Å². The monoisotopic (exact) mass is 237 g/mol. The molecule has 0 aliphatic heterocycles. The minimum absolute atomic E-state index is 0.125. The third kappa shape index (κ3) is 3.03. The van der Waals surface area contributed by atoms with Crippen molar-refractivity contribution in [2.24, 2.45) is 0 Å². The SMILES string of the molecule is Cc1cc(C(=O)NOC2CCCC2)ccc1F. The average Bonchev–Trinajstić information content (AvgIpc) is 2.82. The largest absolute Gasteiger partial charge is 0.274 e. The maximum Gasteiger partial charge on any atom is 0.274 e. The van der Waals surface area contributed by atoms with Gasteiger partial charge in [-0.25, -0.2) is 9.87 Å². The van der Waals surface area contributed by atoms with Crippen molar-refractivity contribution in [2.75, 3.05) is 0 Å². The van der Waals surface area contributed by atoms with Crippen molar-refractivity contribution in [3.8, 4) is 0 Å². The number of carbonyl (C=O) groups excluding carboxylic acids is 1. The van der Waals surface area contributed by atoms with Crippen molar-refractivity contribution in [1.29, 1.82) is 0 Å². The highest BCUT2D eigenvalue weighted by atomic mass is 19.1.